The molecule has 1 saturated carbocycles. The van der Waals surface area contributed by atoms with Crippen molar-refractivity contribution in [2.24, 2.45) is 5.92 Å². The van der Waals surface area contributed by atoms with Crippen molar-refractivity contribution >= 4 is 21.7 Å². The lowest BCUT2D eigenvalue weighted by Gasteiger charge is -2.20. The third kappa shape index (κ3) is 2.49. The highest BCUT2D eigenvalue weighted by Gasteiger charge is 2.26. The Morgan fingerprint density at radius 3 is 3.13 bits per heavy atom. The van der Waals surface area contributed by atoms with Gasteiger partial charge in [-0.25, -0.2) is 4.98 Å². The van der Waals surface area contributed by atoms with Crippen molar-refractivity contribution in [3.05, 3.63) is 22.8 Å². The number of halogens is 1. The van der Waals surface area contributed by atoms with Crippen molar-refractivity contribution in [2.45, 2.75) is 25.3 Å². The van der Waals surface area contributed by atoms with Crippen molar-refractivity contribution in [3.63, 3.8) is 0 Å². The van der Waals surface area contributed by atoms with Gasteiger partial charge >= 0.3 is 0 Å². The Kier molecular flexibility index (Phi) is 3.59. The minimum absolute atomic E-state index is 0.266. The summed E-state index contributed by atoms with van der Waals surface area (Å²) in [6, 6.07) is 4.23. The number of aliphatic hydroxyl groups is 1. The number of anilines is 1. The van der Waals surface area contributed by atoms with Crippen molar-refractivity contribution in [1.29, 1.82) is 0 Å². The standard InChI is InChI=1S/C11H15BrN2O/c12-9-4-2-6-13-11(9)14-10-5-1-3-8(10)7-15/h2,4,6,8,10,15H,1,3,5,7H2,(H,13,14). The molecule has 0 radical (unpaired) electrons. The summed E-state index contributed by atoms with van der Waals surface area (Å²) in [5.41, 5.74) is 0. The predicted molar refractivity (Wildman–Crippen MR) is 63.8 cm³/mol. The highest BCUT2D eigenvalue weighted by molar-refractivity contribution is 9.10. The van der Waals surface area contributed by atoms with Crippen molar-refractivity contribution in [2.75, 3.05) is 11.9 Å². The van der Waals surface area contributed by atoms with Crippen LogP contribution in [0.25, 0.3) is 0 Å². The van der Waals surface area contributed by atoms with Gasteiger partial charge in [-0.3, -0.25) is 0 Å². The van der Waals surface area contributed by atoms with Crippen LogP contribution in [0.4, 0.5) is 5.82 Å². The van der Waals surface area contributed by atoms with E-state index in [1.54, 1.807) is 6.20 Å². The lowest BCUT2D eigenvalue weighted by atomic mass is 10.1. The average Bonchev–Trinajstić information content (AvgIpc) is 2.69. The van der Waals surface area contributed by atoms with E-state index in [1.165, 1.54) is 6.42 Å². The maximum absolute atomic E-state index is 9.21. The zero-order chi connectivity index (χ0) is 10.7. The Morgan fingerprint density at radius 1 is 1.53 bits per heavy atom. The molecule has 4 heteroatoms. The maximum atomic E-state index is 9.21. The Balaban J connectivity index is 2.05. The quantitative estimate of drug-likeness (QED) is 0.887. The summed E-state index contributed by atoms with van der Waals surface area (Å²) in [7, 11) is 0. The lowest BCUT2D eigenvalue weighted by Crippen LogP contribution is -2.26. The summed E-state index contributed by atoms with van der Waals surface area (Å²) in [4.78, 5) is 4.27. The number of hydrogen-bond donors (Lipinski definition) is 2. The van der Waals surface area contributed by atoms with Gasteiger partial charge in [-0.05, 0) is 40.9 Å². The summed E-state index contributed by atoms with van der Waals surface area (Å²) < 4.78 is 0.980. The Bertz CT molecular complexity index is 332. The van der Waals surface area contributed by atoms with Crippen LogP contribution in [0.15, 0.2) is 22.8 Å². The molecule has 1 aromatic heterocycles. The van der Waals surface area contributed by atoms with Gasteiger partial charge in [-0.2, -0.15) is 0 Å². The summed E-state index contributed by atoms with van der Waals surface area (Å²) in [5, 5.41) is 12.6. The lowest BCUT2D eigenvalue weighted by molar-refractivity contribution is 0.222. The van der Waals surface area contributed by atoms with Crippen LogP contribution < -0.4 is 5.32 Å². The molecule has 0 spiro atoms. The minimum Gasteiger partial charge on any atom is -0.396 e. The summed E-state index contributed by atoms with van der Waals surface area (Å²) >= 11 is 3.46. The van der Waals surface area contributed by atoms with Gasteiger partial charge in [0.1, 0.15) is 5.82 Å². The van der Waals surface area contributed by atoms with E-state index in [4.69, 9.17) is 0 Å². The second-order valence-corrected chi connectivity index (χ2v) is 4.81. The molecule has 1 fully saturated rings. The van der Waals surface area contributed by atoms with E-state index in [0.717, 1.165) is 23.1 Å². The van der Waals surface area contributed by atoms with Crippen LogP contribution >= 0.6 is 15.9 Å². The molecule has 1 heterocycles. The SMILES string of the molecule is OCC1CCCC1Nc1ncccc1Br. The second kappa shape index (κ2) is 4.94. The fourth-order valence-electron chi connectivity index (χ4n) is 2.11. The predicted octanol–water partition coefficient (Wildman–Crippen LogP) is 2.42. The Labute approximate surface area is 98.0 Å². The number of hydrogen-bond acceptors (Lipinski definition) is 3. The van der Waals surface area contributed by atoms with Crippen LogP contribution in [0.3, 0.4) is 0 Å². The first kappa shape index (κ1) is 10.9. The second-order valence-electron chi connectivity index (χ2n) is 3.96. The molecule has 15 heavy (non-hydrogen) atoms. The molecule has 1 aliphatic rings. The van der Waals surface area contributed by atoms with E-state index in [-0.39, 0.29) is 6.61 Å². The van der Waals surface area contributed by atoms with Gasteiger partial charge < -0.3 is 10.4 Å². The van der Waals surface area contributed by atoms with Crippen LogP contribution in [-0.4, -0.2) is 22.7 Å². The third-order valence-electron chi connectivity index (χ3n) is 2.97. The molecule has 2 unspecified atom stereocenters. The molecule has 3 nitrogen and oxygen atoms in total. The van der Waals surface area contributed by atoms with Crippen LogP contribution in [0.1, 0.15) is 19.3 Å². The maximum Gasteiger partial charge on any atom is 0.140 e. The summed E-state index contributed by atoms with van der Waals surface area (Å²) in [6.45, 7) is 0.266. The Morgan fingerprint density at radius 2 is 2.40 bits per heavy atom. The first-order valence-electron chi connectivity index (χ1n) is 5.29. The number of aromatic nitrogens is 1. The van der Waals surface area contributed by atoms with Crippen LogP contribution in [-0.2, 0) is 0 Å². The first-order valence-corrected chi connectivity index (χ1v) is 6.08. The molecule has 2 atom stereocenters. The molecule has 0 amide bonds. The molecule has 1 aliphatic carbocycles. The summed E-state index contributed by atoms with van der Waals surface area (Å²) in [5.74, 6) is 1.25. The highest BCUT2D eigenvalue weighted by Crippen LogP contribution is 2.29. The van der Waals surface area contributed by atoms with Crippen LogP contribution in [0.5, 0.6) is 0 Å². The normalized spacial score (nSPS) is 25.5. The molecule has 2 rings (SSSR count). The van der Waals surface area contributed by atoms with Gasteiger partial charge in [0.2, 0.25) is 0 Å². The number of aliphatic hydroxyl groups excluding tert-OH is 1. The first-order chi connectivity index (χ1) is 7.31. The number of rotatable bonds is 3. The molecular formula is C11H15BrN2O. The van der Waals surface area contributed by atoms with Crippen molar-refractivity contribution in [1.82, 2.24) is 4.98 Å². The molecule has 0 aliphatic heterocycles. The molecular weight excluding hydrogens is 256 g/mol. The van der Waals surface area contributed by atoms with Crippen molar-refractivity contribution < 1.29 is 5.11 Å². The largest absolute Gasteiger partial charge is 0.396 e. The summed E-state index contributed by atoms with van der Waals surface area (Å²) in [6.07, 6.45) is 5.19. The van der Waals surface area contributed by atoms with E-state index in [9.17, 15) is 5.11 Å². The molecule has 2 N–H and O–H groups in total. The smallest absolute Gasteiger partial charge is 0.140 e. The van der Waals surface area contributed by atoms with E-state index in [1.807, 2.05) is 12.1 Å². The number of pyridine rings is 1. The van der Waals surface area contributed by atoms with E-state index in [2.05, 4.69) is 26.2 Å². The monoisotopic (exact) mass is 270 g/mol. The van der Waals surface area contributed by atoms with Gasteiger partial charge in [0.25, 0.3) is 0 Å². The molecule has 0 saturated heterocycles. The van der Waals surface area contributed by atoms with Gasteiger partial charge in [-0.1, -0.05) is 6.42 Å². The number of nitrogens with one attached hydrogen (secondary N) is 1. The highest BCUT2D eigenvalue weighted by atomic mass is 79.9. The molecule has 1 aromatic rings. The Hall–Kier alpha value is -0.610. The van der Waals surface area contributed by atoms with Crippen LogP contribution in [0.2, 0.25) is 0 Å². The van der Waals surface area contributed by atoms with Crippen molar-refractivity contribution in [3.8, 4) is 0 Å². The zero-order valence-electron chi connectivity index (χ0n) is 8.49. The number of nitrogens with zero attached hydrogens (tertiary/aromatic N) is 1. The third-order valence-corrected chi connectivity index (χ3v) is 3.61. The molecule has 82 valence electrons. The average molecular weight is 271 g/mol. The van der Waals surface area contributed by atoms with E-state index < -0.39 is 0 Å². The van der Waals surface area contributed by atoms with E-state index in [0.29, 0.717) is 12.0 Å². The topological polar surface area (TPSA) is 45.1 Å². The minimum atomic E-state index is 0.266. The van der Waals surface area contributed by atoms with Gasteiger partial charge in [-0.15, -0.1) is 0 Å². The molecule has 0 aromatic carbocycles. The van der Waals surface area contributed by atoms with Gasteiger partial charge in [0.05, 0.1) is 4.47 Å². The zero-order valence-corrected chi connectivity index (χ0v) is 10.1. The van der Waals surface area contributed by atoms with E-state index >= 15 is 0 Å². The fraction of sp³-hybridized carbons (Fsp3) is 0.545. The van der Waals surface area contributed by atoms with Gasteiger partial charge in [0.15, 0.2) is 0 Å². The van der Waals surface area contributed by atoms with Gasteiger partial charge in [0, 0.05) is 24.8 Å². The molecule has 0 bridgehead atoms. The van der Waals surface area contributed by atoms with Crippen LogP contribution in [0, 0.1) is 5.92 Å². The fourth-order valence-corrected chi connectivity index (χ4v) is 2.48.